The SMILES string of the molecule is CC(NC(=O)C(CC(=O)O)NC(=O)C1CCCN1)C(=O)NC(CCCCN)C(=O)O. The number of unbranched alkanes of at least 4 members (excludes halogenated alkanes) is 1. The first-order valence-corrected chi connectivity index (χ1v) is 9.94. The molecule has 3 amide bonds. The Labute approximate surface area is 174 Å². The molecule has 12 nitrogen and oxygen atoms in total. The van der Waals surface area contributed by atoms with Gasteiger partial charge in [0, 0.05) is 0 Å². The van der Waals surface area contributed by atoms with Gasteiger partial charge >= 0.3 is 11.9 Å². The molecule has 0 aromatic heterocycles. The number of hydrogen-bond acceptors (Lipinski definition) is 7. The Balaban J connectivity index is 2.66. The summed E-state index contributed by atoms with van der Waals surface area (Å²) in [5, 5.41) is 28.3. The van der Waals surface area contributed by atoms with E-state index in [-0.39, 0.29) is 6.42 Å². The van der Waals surface area contributed by atoms with Crippen LogP contribution in [-0.2, 0) is 24.0 Å². The van der Waals surface area contributed by atoms with E-state index in [1.54, 1.807) is 0 Å². The number of nitrogens with two attached hydrogens (primary N) is 1. The van der Waals surface area contributed by atoms with Crippen LogP contribution < -0.4 is 27.0 Å². The fourth-order valence-electron chi connectivity index (χ4n) is 2.99. The van der Waals surface area contributed by atoms with E-state index < -0.39 is 60.2 Å². The predicted molar refractivity (Wildman–Crippen MR) is 105 cm³/mol. The number of carbonyl (C=O) groups is 5. The lowest BCUT2D eigenvalue weighted by Crippen LogP contribution is -2.56. The minimum atomic E-state index is -1.37. The van der Waals surface area contributed by atoms with Crippen molar-refractivity contribution in [3.8, 4) is 0 Å². The van der Waals surface area contributed by atoms with Gasteiger partial charge in [-0.15, -0.1) is 0 Å². The van der Waals surface area contributed by atoms with Gasteiger partial charge in [0.05, 0.1) is 12.5 Å². The molecular formula is C18H31N5O7. The maximum atomic E-state index is 12.5. The van der Waals surface area contributed by atoms with Crippen molar-refractivity contribution in [2.24, 2.45) is 5.73 Å². The third-order valence-corrected chi connectivity index (χ3v) is 4.70. The summed E-state index contributed by atoms with van der Waals surface area (Å²) in [5.74, 6) is -4.57. The Morgan fingerprint density at radius 3 is 2.27 bits per heavy atom. The van der Waals surface area contributed by atoms with E-state index in [1.165, 1.54) is 6.92 Å². The first kappa shape index (κ1) is 25.3. The Hall–Kier alpha value is -2.73. The van der Waals surface area contributed by atoms with Gasteiger partial charge in [-0.3, -0.25) is 19.2 Å². The fourth-order valence-corrected chi connectivity index (χ4v) is 2.99. The van der Waals surface area contributed by atoms with Gasteiger partial charge in [0.25, 0.3) is 0 Å². The molecule has 0 aromatic rings. The van der Waals surface area contributed by atoms with Crippen molar-refractivity contribution in [3.63, 3.8) is 0 Å². The van der Waals surface area contributed by atoms with Crippen molar-refractivity contribution in [1.82, 2.24) is 21.3 Å². The van der Waals surface area contributed by atoms with Gasteiger partial charge < -0.3 is 37.2 Å². The molecular weight excluding hydrogens is 398 g/mol. The summed E-state index contributed by atoms with van der Waals surface area (Å²) in [6.07, 6.45) is 2.02. The largest absolute Gasteiger partial charge is 0.481 e. The van der Waals surface area contributed by atoms with Gasteiger partial charge in [-0.1, -0.05) is 0 Å². The Morgan fingerprint density at radius 1 is 1.03 bits per heavy atom. The van der Waals surface area contributed by atoms with Gasteiger partial charge in [-0.2, -0.15) is 0 Å². The van der Waals surface area contributed by atoms with Crippen LogP contribution in [0.5, 0.6) is 0 Å². The van der Waals surface area contributed by atoms with E-state index in [4.69, 9.17) is 10.8 Å². The minimum Gasteiger partial charge on any atom is -0.481 e. The van der Waals surface area contributed by atoms with Crippen molar-refractivity contribution < 1.29 is 34.2 Å². The maximum absolute atomic E-state index is 12.5. The van der Waals surface area contributed by atoms with Gasteiger partial charge in [0.1, 0.15) is 18.1 Å². The lowest BCUT2D eigenvalue weighted by molar-refractivity contribution is -0.143. The topological polar surface area (TPSA) is 200 Å². The highest BCUT2D eigenvalue weighted by Gasteiger charge is 2.31. The lowest BCUT2D eigenvalue weighted by Gasteiger charge is -2.22. The van der Waals surface area contributed by atoms with Crippen LogP contribution in [0, 0.1) is 0 Å². The minimum absolute atomic E-state index is 0.186. The van der Waals surface area contributed by atoms with Crippen molar-refractivity contribution in [1.29, 1.82) is 0 Å². The molecule has 1 fully saturated rings. The Kier molecular flexibility index (Phi) is 10.8. The Morgan fingerprint density at radius 2 is 1.73 bits per heavy atom. The normalized spacial score (nSPS) is 18.7. The first-order chi connectivity index (χ1) is 14.1. The molecule has 1 aliphatic rings. The average molecular weight is 429 g/mol. The van der Waals surface area contributed by atoms with E-state index in [0.717, 1.165) is 6.42 Å². The lowest BCUT2D eigenvalue weighted by atomic mass is 10.1. The second-order valence-electron chi connectivity index (χ2n) is 7.22. The van der Waals surface area contributed by atoms with Crippen LogP contribution in [0.1, 0.15) is 45.4 Å². The van der Waals surface area contributed by atoms with Gasteiger partial charge in [-0.25, -0.2) is 4.79 Å². The predicted octanol–water partition coefficient (Wildman–Crippen LogP) is -2.10. The van der Waals surface area contributed by atoms with E-state index in [9.17, 15) is 29.1 Å². The molecule has 1 rings (SSSR count). The molecule has 4 unspecified atom stereocenters. The quantitative estimate of drug-likeness (QED) is 0.160. The number of nitrogens with one attached hydrogen (secondary N) is 4. The summed E-state index contributed by atoms with van der Waals surface area (Å²) in [7, 11) is 0. The summed E-state index contributed by atoms with van der Waals surface area (Å²) in [4.78, 5) is 59.3. The second kappa shape index (κ2) is 12.8. The fraction of sp³-hybridized carbons (Fsp3) is 0.722. The molecule has 0 aliphatic carbocycles. The molecule has 1 saturated heterocycles. The molecule has 170 valence electrons. The molecule has 30 heavy (non-hydrogen) atoms. The molecule has 12 heteroatoms. The highest BCUT2D eigenvalue weighted by atomic mass is 16.4. The molecule has 0 spiro atoms. The third kappa shape index (κ3) is 8.74. The zero-order chi connectivity index (χ0) is 22.7. The van der Waals surface area contributed by atoms with Crippen LogP contribution in [-0.4, -0.2) is 77.1 Å². The summed E-state index contributed by atoms with van der Waals surface area (Å²) in [6.45, 7) is 2.39. The summed E-state index contributed by atoms with van der Waals surface area (Å²) >= 11 is 0. The average Bonchev–Trinajstić information content (AvgIpc) is 3.20. The smallest absolute Gasteiger partial charge is 0.326 e. The highest BCUT2D eigenvalue weighted by Crippen LogP contribution is 2.06. The molecule has 0 bridgehead atoms. The first-order valence-electron chi connectivity index (χ1n) is 9.94. The van der Waals surface area contributed by atoms with Gasteiger partial charge in [0.15, 0.2) is 0 Å². The van der Waals surface area contributed by atoms with Crippen LogP contribution in [0.2, 0.25) is 0 Å². The van der Waals surface area contributed by atoms with Crippen LogP contribution in [0.4, 0.5) is 0 Å². The van der Waals surface area contributed by atoms with Crippen LogP contribution in [0.3, 0.4) is 0 Å². The zero-order valence-electron chi connectivity index (χ0n) is 17.0. The number of hydrogen-bond donors (Lipinski definition) is 7. The van der Waals surface area contributed by atoms with Crippen molar-refractivity contribution in [2.45, 2.75) is 69.6 Å². The van der Waals surface area contributed by atoms with E-state index >= 15 is 0 Å². The van der Waals surface area contributed by atoms with Crippen LogP contribution in [0.25, 0.3) is 0 Å². The number of aliphatic carboxylic acids is 2. The molecule has 0 radical (unpaired) electrons. The van der Waals surface area contributed by atoms with Gasteiger partial charge in [0.2, 0.25) is 17.7 Å². The molecule has 1 heterocycles. The van der Waals surface area contributed by atoms with Crippen molar-refractivity contribution in [2.75, 3.05) is 13.1 Å². The third-order valence-electron chi connectivity index (χ3n) is 4.70. The number of amides is 3. The molecule has 8 N–H and O–H groups in total. The monoisotopic (exact) mass is 429 g/mol. The van der Waals surface area contributed by atoms with Crippen LogP contribution in [0.15, 0.2) is 0 Å². The molecule has 4 atom stereocenters. The van der Waals surface area contributed by atoms with E-state index in [0.29, 0.717) is 32.4 Å². The Bertz CT molecular complexity index is 636. The summed E-state index contributed by atoms with van der Waals surface area (Å²) < 4.78 is 0. The number of carboxylic acids is 2. The number of rotatable bonds is 13. The van der Waals surface area contributed by atoms with E-state index in [2.05, 4.69) is 21.3 Å². The van der Waals surface area contributed by atoms with Crippen molar-refractivity contribution >= 4 is 29.7 Å². The van der Waals surface area contributed by atoms with Crippen LogP contribution >= 0.6 is 0 Å². The molecule has 0 aromatic carbocycles. The number of carboxylic acid groups (broad SMARTS) is 2. The number of carbonyl (C=O) groups excluding carboxylic acids is 3. The highest BCUT2D eigenvalue weighted by molar-refractivity contribution is 5.95. The maximum Gasteiger partial charge on any atom is 0.326 e. The molecule has 0 saturated carbocycles. The second-order valence-corrected chi connectivity index (χ2v) is 7.22. The molecule has 1 aliphatic heterocycles. The van der Waals surface area contributed by atoms with Crippen molar-refractivity contribution in [3.05, 3.63) is 0 Å². The standard InChI is InChI=1S/C18H31N5O7/c1-10(15(26)22-12(18(29)30)5-2-3-7-19)21-17(28)13(9-14(24)25)23-16(27)11-6-4-8-20-11/h10-13,20H,2-9,19H2,1H3,(H,21,28)(H,22,26)(H,23,27)(H,24,25)(H,29,30). The van der Waals surface area contributed by atoms with Gasteiger partial charge in [-0.05, 0) is 52.1 Å². The summed E-state index contributed by atoms with van der Waals surface area (Å²) in [5.41, 5.74) is 5.37. The van der Waals surface area contributed by atoms with E-state index in [1.807, 2.05) is 0 Å². The zero-order valence-corrected chi connectivity index (χ0v) is 17.0. The summed E-state index contributed by atoms with van der Waals surface area (Å²) in [6, 6.07) is -4.13.